The molecule has 9 heteroatoms. The average Bonchev–Trinajstić information content (AvgIpc) is 3.18. The number of pyridine rings is 1. The Morgan fingerprint density at radius 2 is 2.16 bits per heavy atom. The highest BCUT2D eigenvalue weighted by atomic mass is 19.1. The van der Waals surface area contributed by atoms with Gasteiger partial charge in [0.25, 0.3) is 0 Å². The zero-order valence-electron chi connectivity index (χ0n) is 18.6. The monoisotopic (exact) mass is 438 g/mol. The lowest BCUT2D eigenvalue weighted by Gasteiger charge is -2.37. The molecule has 3 aromatic rings. The molecular weight excluding hydrogens is 411 g/mol. The first kappa shape index (κ1) is 20.5. The van der Waals surface area contributed by atoms with Crippen LogP contribution >= 0.6 is 0 Å². The van der Waals surface area contributed by atoms with E-state index in [-0.39, 0.29) is 11.5 Å². The van der Waals surface area contributed by atoms with Crippen LogP contribution in [-0.2, 0) is 6.54 Å². The fraction of sp³-hybridized carbons (Fsp3) is 0.435. The van der Waals surface area contributed by atoms with Crippen molar-refractivity contribution in [2.24, 2.45) is 5.41 Å². The van der Waals surface area contributed by atoms with Gasteiger partial charge in [0.1, 0.15) is 12.4 Å². The lowest BCUT2D eigenvalue weighted by Crippen LogP contribution is -2.43. The van der Waals surface area contributed by atoms with E-state index in [1.807, 2.05) is 6.20 Å². The van der Waals surface area contributed by atoms with Crippen LogP contribution in [-0.4, -0.2) is 45.4 Å². The van der Waals surface area contributed by atoms with Gasteiger partial charge < -0.3 is 19.7 Å². The van der Waals surface area contributed by atoms with Crippen molar-refractivity contribution in [2.75, 3.05) is 24.7 Å². The number of aromatic nitrogens is 4. The van der Waals surface area contributed by atoms with Gasteiger partial charge in [-0.05, 0) is 12.5 Å². The molecule has 1 N–H and O–H groups in total. The van der Waals surface area contributed by atoms with E-state index in [2.05, 4.69) is 47.6 Å². The Labute approximate surface area is 186 Å². The maximum atomic E-state index is 14.2. The number of hydrogen-bond donors (Lipinski definition) is 1. The normalized spacial score (nSPS) is 20.2. The van der Waals surface area contributed by atoms with Crippen LogP contribution in [0.1, 0.15) is 38.3 Å². The topological polar surface area (TPSA) is 76.8 Å². The van der Waals surface area contributed by atoms with Gasteiger partial charge in [-0.15, -0.1) is 0 Å². The average molecular weight is 439 g/mol. The van der Waals surface area contributed by atoms with Gasteiger partial charge in [0, 0.05) is 23.2 Å². The number of nitrogens with zero attached hydrogens (tertiary/aromatic N) is 5. The van der Waals surface area contributed by atoms with Gasteiger partial charge in [-0.3, -0.25) is 0 Å². The second kappa shape index (κ2) is 7.65. The summed E-state index contributed by atoms with van der Waals surface area (Å²) in [4.78, 5) is 11.3. The molecule has 0 unspecified atom stereocenters. The minimum Gasteiger partial charge on any atom is -0.486 e. The molecule has 0 radical (unpaired) electrons. The third kappa shape index (κ3) is 3.61. The van der Waals surface area contributed by atoms with Crippen molar-refractivity contribution in [3.8, 4) is 11.6 Å². The van der Waals surface area contributed by atoms with Gasteiger partial charge in [-0.2, -0.15) is 5.10 Å². The number of nitrogens with one attached hydrogen (secondary N) is 1. The predicted molar refractivity (Wildman–Crippen MR) is 119 cm³/mol. The standard InChI is InChI=1S/C23H27FN6O2/c1-5-17-11-31-19-10-30-20-18(8-27-30)14(2)26-12-23(3,4)13-32-22-15(6-16(24)7-25-22)9-29(17)21(19)28-20/h6-8,10,17,26H,2,5,9,11-13H2,1,3-4H3/t17-/m1/s1. The Morgan fingerprint density at radius 1 is 1.31 bits per heavy atom. The maximum Gasteiger partial charge on any atom is 0.218 e. The first-order valence-electron chi connectivity index (χ1n) is 10.8. The number of anilines is 1. The zero-order valence-corrected chi connectivity index (χ0v) is 18.6. The van der Waals surface area contributed by atoms with E-state index in [0.717, 1.165) is 17.7 Å². The minimum absolute atomic E-state index is 0.0746. The van der Waals surface area contributed by atoms with Gasteiger partial charge in [-0.1, -0.05) is 27.4 Å². The van der Waals surface area contributed by atoms with Crippen LogP contribution in [0.5, 0.6) is 11.6 Å². The van der Waals surface area contributed by atoms with Gasteiger partial charge >= 0.3 is 0 Å². The molecular formula is C23H27FN6O2. The van der Waals surface area contributed by atoms with E-state index in [0.29, 0.717) is 55.0 Å². The summed E-state index contributed by atoms with van der Waals surface area (Å²) in [5, 5.41) is 7.85. The van der Waals surface area contributed by atoms with Crippen molar-refractivity contribution in [3.63, 3.8) is 0 Å². The molecule has 32 heavy (non-hydrogen) atoms. The van der Waals surface area contributed by atoms with E-state index in [1.54, 1.807) is 10.7 Å². The summed E-state index contributed by atoms with van der Waals surface area (Å²) in [5.41, 5.74) is 2.72. The second-order valence-corrected chi connectivity index (χ2v) is 9.16. The van der Waals surface area contributed by atoms with E-state index < -0.39 is 5.82 Å². The van der Waals surface area contributed by atoms with Crippen LogP contribution in [0.25, 0.3) is 11.3 Å². The minimum atomic E-state index is -0.395. The summed E-state index contributed by atoms with van der Waals surface area (Å²) in [6.07, 6.45) is 5.64. The largest absolute Gasteiger partial charge is 0.486 e. The van der Waals surface area contributed by atoms with Gasteiger partial charge in [0.05, 0.1) is 43.3 Å². The van der Waals surface area contributed by atoms with E-state index >= 15 is 0 Å². The molecule has 2 aliphatic rings. The van der Waals surface area contributed by atoms with Crippen molar-refractivity contribution in [2.45, 2.75) is 39.8 Å². The summed E-state index contributed by atoms with van der Waals surface area (Å²) < 4.78 is 28.0. The van der Waals surface area contributed by atoms with Crippen LogP contribution in [0.15, 0.2) is 31.2 Å². The van der Waals surface area contributed by atoms with Gasteiger partial charge in [0.15, 0.2) is 17.2 Å². The van der Waals surface area contributed by atoms with Crippen LogP contribution in [0, 0.1) is 11.2 Å². The third-order valence-electron chi connectivity index (χ3n) is 5.99. The van der Waals surface area contributed by atoms with Gasteiger partial charge in [0.2, 0.25) is 5.88 Å². The van der Waals surface area contributed by atoms with Crippen LogP contribution in [0.4, 0.5) is 10.2 Å². The van der Waals surface area contributed by atoms with Crippen LogP contribution < -0.4 is 19.7 Å². The SMILES string of the molecule is C=C1NCC(C)(C)COc2ncc(F)cc2CN2c3nc4c1cnn4cc3OC[C@H]2CC. The molecule has 8 nitrogen and oxygen atoms in total. The van der Waals surface area contributed by atoms with Crippen LogP contribution in [0.3, 0.4) is 0 Å². The summed E-state index contributed by atoms with van der Waals surface area (Å²) in [5.74, 6) is 1.37. The highest BCUT2D eigenvalue weighted by Crippen LogP contribution is 2.36. The zero-order chi connectivity index (χ0) is 22.5. The molecule has 5 rings (SSSR count). The molecule has 1 atom stereocenters. The third-order valence-corrected chi connectivity index (χ3v) is 5.99. The summed E-state index contributed by atoms with van der Waals surface area (Å²) in [6, 6.07) is 1.57. The molecule has 3 aromatic heterocycles. The van der Waals surface area contributed by atoms with Crippen LogP contribution in [0.2, 0.25) is 0 Å². The molecule has 168 valence electrons. The number of ether oxygens (including phenoxy) is 2. The fourth-order valence-corrected chi connectivity index (χ4v) is 4.05. The van der Waals surface area contributed by atoms with Crippen molar-refractivity contribution in [1.82, 2.24) is 24.9 Å². The molecule has 0 aromatic carbocycles. The smallest absolute Gasteiger partial charge is 0.218 e. The van der Waals surface area contributed by atoms with Crippen molar-refractivity contribution in [3.05, 3.63) is 48.2 Å². The van der Waals surface area contributed by atoms with E-state index in [1.165, 1.54) is 12.3 Å². The highest BCUT2D eigenvalue weighted by molar-refractivity contribution is 5.75. The maximum absolute atomic E-state index is 14.2. The fourth-order valence-electron chi connectivity index (χ4n) is 4.05. The number of halogens is 1. The predicted octanol–water partition coefficient (Wildman–Crippen LogP) is 3.42. The van der Waals surface area contributed by atoms with E-state index in [9.17, 15) is 4.39 Å². The van der Waals surface area contributed by atoms with Crippen molar-refractivity contribution < 1.29 is 13.9 Å². The molecule has 0 spiro atoms. The molecule has 2 bridgehead atoms. The lowest BCUT2D eigenvalue weighted by atomic mass is 9.94. The van der Waals surface area contributed by atoms with Crippen molar-refractivity contribution >= 4 is 17.2 Å². The quantitative estimate of drug-likeness (QED) is 0.624. The second-order valence-electron chi connectivity index (χ2n) is 9.16. The molecule has 0 saturated carbocycles. The summed E-state index contributed by atoms with van der Waals surface area (Å²) >= 11 is 0. The Bertz CT molecular complexity index is 1190. The van der Waals surface area contributed by atoms with Crippen molar-refractivity contribution in [1.29, 1.82) is 0 Å². The Morgan fingerprint density at radius 3 is 2.97 bits per heavy atom. The number of rotatable bonds is 1. The van der Waals surface area contributed by atoms with E-state index in [4.69, 9.17) is 14.5 Å². The number of hydrogen-bond acceptors (Lipinski definition) is 7. The summed E-state index contributed by atoms with van der Waals surface area (Å²) in [7, 11) is 0. The molecule has 2 aliphatic heterocycles. The Hall–Kier alpha value is -3.36. The molecule has 5 heterocycles. The molecule has 0 saturated heterocycles. The van der Waals surface area contributed by atoms with Gasteiger partial charge in [-0.25, -0.2) is 18.9 Å². The summed E-state index contributed by atoms with van der Waals surface area (Å²) in [6.45, 7) is 12.4. The number of fused-ring (bicyclic) bond motifs is 1. The molecule has 0 fully saturated rings. The first-order valence-corrected chi connectivity index (χ1v) is 10.8. The molecule has 0 aliphatic carbocycles. The lowest BCUT2D eigenvalue weighted by molar-refractivity contribution is 0.173. The Kier molecular flexibility index (Phi) is 4.91. The Balaban J connectivity index is 1.69. The molecule has 0 amide bonds. The highest BCUT2D eigenvalue weighted by Gasteiger charge is 2.31. The first-order chi connectivity index (χ1) is 15.3.